The van der Waals surface area contributed by atoms with Crippen molar-refractivity contribution in [3.63, 3.8) is 0 Å². The molecule has 0 saturated carbocycles. The van der Waals surface area contributed by atoms with Gasteiger partial charge < -0.3 is 5.11 Å². The van der Waals surface area contributed by atoms with E-state index in [4.69, 9.17) is 0 Å². The number of benzene rings is 4. The standard InChI is InChI=1S/C31H29NO4S2/c1-3-31(29(25-13-7-4-8-14-25)23-30(33)26-15-9-5-10-16-26)37(34,27-17-11-6-12-18-27)32-38(35,36)28-21-19-24(2)20-22-28/h3-23,29,31,33H,1H2,2H3/p-1/b30-23-/t29-,31+,37+/m0/s1. The first-order chi connectivity index (χ1) is 18.2. The summed E-state index contributed by atoms with van der Waals surface area (Å²) in [7, 11) is -8.05. The Morgan fingerprint density at radius 3 is 1.84 bits per heavy atom. The van der Waals surface area contributed by atoms with Gasteiger partial charge in [0.1, 0.15) is 0 Å². The second-order valence-electron chi connectivity index (χ2n) is 8.78. The zero-order chi connectivity index (χ0) is 27.2. The highest BCUT2D eigenvalue weighted by Gasteiger charge is 2.33. The molecule has 4 aromatic rings. The zero-order valence-electron chi connectivity index (χ0n) is 20.9. The Bertz CT molecular complexity index is 1640. The molecule has 38 heavy (non-hydrogen) atoms. The summed E-state index contributed by atoms with van der Waals surface area (Å²) in [6.45, 7) is 5.77. The first kappa shape index (κ1) is 27.1. The van der Waals surface area contributed by atoms with Crippen LogP contribution in [0, 0.1) is 6.92 Å². The third-order valence-electron chi connectivity index (χ3n) is 6.14. The van der Waals surface area contributed by atoms with E-state index in [0.717, 1.165) is 5.56 Å². The van der Waals surface area contributed by atoms with Crippen LogP contribution in [0.25, 0.3) is 5.76 Å². The quantitative estimate of drug-likeness (QED) is 0.193. The van der Waals surface area contributed by atoms with Crippen molar-refractivity contribution in [3.05, 3.63) is 151 Å². The van der Waals surface area contributed by atoms with Crippen molar-refractivity contribution in [1.29, 1.82) is 0 Å². The molecule has 0 aliphatic heterocycles. The Kier molecular flexibility index (Phi) is 8.29. The fraction of sp³-hybridized carbons (Fsp3) is 0.0968. The lowest BCUT2D eigenvalue weighted by molar-refractivity contribution is -0.244. The van der Waals surface area contributed by atoms with E-state index in [1.54, 1.807) is 66.7 Å². The van der Waals surface area contributed by atoms with Crippen LogP contribution < -0.4 is 5.11 Å². The molecular formula is C31H28NO4S2-. The molecule has 0 aliphatic carbocycles. The first-order valence-corrected chi connectivity index (χ1v) is 15.0. The van der Waals surface area contributed by atoms with Crippen molar-refractivity contribution in [2.45, 2.75) is 27.9 Å². The minimum atomic E-state index is -4.33. The monoisotopic (exact) mass is 542 g/mol. The second-order valence-corrected chi connectivity index (χ2v) is 12.9. The van der Waals surface area contributed by atoms with Gasteiger partial charge in [-0.25, -0.2) is 4.21 Å². The fourth-order valence-corrected chi connectivity index (χ4v) is 8.65. The van der Waals surface area contributed by atoms with E-state index in [9.17, 15) is 17.7 Å². The molecule has 0 spiro atoms. The molecule has 0 aliphatic rings. The SMILES string of the molecule is C=C[C@H]([C@@H](/C=C(\[O-])c1ccccc1)c1ccccc1)[S@@](=O)(=NS(=O)(=O)c1ccc(C)cc1)c1ccccc1. The van der Waals surface area contributed by atoms with Gasteiger partial charge in [-0.15, -0.1) is 16.1 Å². The molecule has 7 heteroatoms. The molecule has 0 radical (unpaired) electrons. The van der Waals surface area contributed by atoms with Crippen LogP contribution in [-0.2, 0) is 19.8 Å². The second kappa shape index (κ2) is 11.6. The van der Waals surface area contributed by atoms with Gasteiger partial charge in [-0.2, -0.15) is 8.42 Å². The predicted octanol–water partition coefficient (Wildman–Crippen LogP) is 5.95. The summed E-state index contributed by atoms with van der Waals surface area (Å²) in [5.41, 5.74) is 2.04. The van der Waals surface area contributed by atoms with Crippen LogP contribution in [0.2, 0.25) is 0 Å². The van der Waals surface area contributed by atoms with E-state index in [1.165, 1.54) is 24.3 Å². The van der Waals surface area contributed by atoms with Crippen LogP contribution >= 0.6 is 0 Å². The summed E-state index contributed by atoms with van der Waals surface area (Å²) in [5, 5.41) is 12.3. The van der Waals surface area contributed by atoms with Crippen LogP contribution in [0.4, 0.5) is 0 Å². The summed E-state index contributed by atoms with van der Waals surface area (Å²) in [6, 6.07) is 32.3. The average molecular weight is 543 g/mol. The van der Waals surface area contributed by atoms with Gasteiger partial charge in [0.2, 0.25) is 0 Å². The third-order valence-corrected chi connectivity index (χ3v) is 10.8. The predicted molar refractivity (Wildman–Crippen MR) is 151 cm³/mol. The van der Waals surface area contributed by atoms with Gasteiger partial charge in [0.15, 0.2) is 0 Å². The third kappa shape index (κ3) is 5.96. The van der Waals surface area contributed by atoms with Gasteiger partial charge in [-0.05, 0) is 42.3 Å². The highest BCUT2D eigenvalue weighted by molar-refractivity contribution is 8.03. The molecule has 0 N–H and O–H groups in total. The van der Waals surface area contributed by atoms with Crippen molar-refractivity contribution in [1.82, 2.24) is 0 Å². The Balaban J connectivity index is 1.98. The fourth-order valence-electron chi connectivity index (χ4n) is 4.16. The Morgan fingerprint density at radius 1 is 0.763 bits per heavy atom. The maximum Gasteiger partial charge on any atom is 0.290 e. The van der Waals surface area contributed by atoms with Gasteiger partial charge >= 0.3 is 0 Å². The number of nitrogens with zero attached hydrogens (tertiary/aromatic N) is 1. The Labute approximate surface area is 225 Å². The van der Waals surface area contributed by atoms with Crippen molar-refractivity contribution in [2.24, 2.45) is 3.77 Å². The van der Waals surface area contributed by atoms with E-state index < -0.39 is 30.9 Å². The van der Waals surface area contributed by atoms with Crippen LogP contribution in [0.1, 0.15) is 22.6 Å². The lowest BCUT2D eigenvalue weighted by Gasteiger charge is -2.28. The van der Waals surface area contributed by atoms with Crippen molar-refractivity contribution >= 4 is 25.5 Å². The molecular weight excluding hydrogens is 514 g/mol. The highest BCUT2D eigenvalue weighted by atomic mass is 32.3. The summed E-state index contributed by atoms with van der Waals surface area (Å²) in [5.74, 6) is -1.05. The lowest BCUT2D eigenvalue weighted by atomic mass is 9.93. The van der Waals surface area contributed by atoms with E-state index in [2.05, 4.69) is 10.3 Å². The molecule has 5 nitrogen and oxygen atoms in total. The average Bonchev–Trinajstić information content (AvgIpc) is 2.94. The van der Waals surface area contributed by atoms with Crippen molar-refractivity contribution in [2.75, 3.05) is 0 Å². The van der Waals surface area contributed by atoms with Crippen LogP contribution in [0.5, 0.6) is 0 Å². The molecule has 0 heterocycles. The molecule has 194 valence electrons. The number of allylic oxidation sites excluding steroid dienone is 1. The number of sulfonamides is 1. The van der Waals surface area contributed by atoms with Crippen LogP contribution in [0.3, 0.4) is 0 Å². The van der Waals surface area contributed by atoms with E-state index in [-0.39, 0.29) is 15.6 Å². The number of hydrogen-bond acceptors (Lipinski definition) is 4. The lowest BCUT2D eigenvalue weighted by Crippen LogP contribution is -2.27. The number of rotatable bonds is 9. The molecule has 4 aromatic carbocycles. The molecule has 0 unspecified atom stereocenters. The van der Waals surface area contributed by atoms with E-state index in [1.807, 2.05) is 43.3 Å². The number of hydrogen-bond donors (Lipinski definition) is 0. The summed E-state index contributed by atoms with van der Waals surface area (Å²) in [4.78, 5) is 0.178. The van der Waals surface area contributed by atoms with Gasteiger partial charge in [-0.3, -0.25) is 0 Å². The topological polar surface area (TPSA) is 86.6 Å². The maximum atomic E-state index is 15.0. The van der Waals surface area contributed by atoms with Gasteiger partial charge in [0.25, 0.3) is 10.0 Å². The minimum absolute atomic E-state index is 0.0600. The zero-order valence-corrected chi connectivity index (χ0v) is 22.5. The summed E-state index contributed by atoms with van der Waals surface area (Å²) < 4.78 is 46.1. The van der Waals surface area contributed by atoms with Crippen LogP contribution in [-0.4, -0.2) is 17.9 Å². The largest absolute Gasteiger partial charge is 0.872 e. The smallest absolute Gasteiger partial charge is 0.290 e. The van der Waals surface area contributed by atoms with Gasteiger partial charge in [0, 0.05) is 10.8 Å². The molecule has 0 saturated heterocycles. The summed E-state index contributed by atoms with van der Waals surface area (Å²) >= 11 is 0. The Morgan fingerprint density at radius 2 is 1.29 bits per heavy atom. The summed E-state index contributed by atoms with van der Waals surface area (Å²) in [6.07, 6.45) is 2.92. The van der Waals surface area contributed by atoms with Gasteiger partial charge in [-0.1, -0.05) is 109 Å². The van der Waals surface area contributed by atoms with Crippen molar-refractivity contribution in [3.8, 4) is 0 Å². The maximum absolute atomic E-state index is 15.0. The normalized spacial score (nSPS) is 15.1. The molecule has 0 amide bonds. The molecule has 0 fully saturated rings. The minimum Gasteiger partial charge on any atom is -0.872 e. The Hall–Kier alpha value is -3.94. The van der Waals surface area contributed by atoms with Crippen LogP contribution in [0.15, 0.2) is 148 Å². The van der Waals surface area contributed by atoms with Crippen molar-refractivity contribution < 1.29 is 17.7 Å². The van der Waals surface area contributed by atoms with E-state index >= 15 is 0 Å². The molecule has 3 atom stereocenters. The molecule has 0 aromatic heterocycles. The molecule has 0 bridgehead atoms. The number of aryl methyl sites for hydroxylation is 1. The van der Waals surface area contributed by atoms with E-state index in [0.29, 0.717) is 11.1 Å². The molecule has 4 rings (SSSR count). The van der Waals surface area contributed by atoms with Gasteiger partial charge in [0.05, 0.1) is 19.9 Å². The highest BCUT2D eigenvalue weighted by Crippen LogP contribution is 2.35. The first-order valence-electron chi connectivity index (χ1n) is 12.0.